The van der Waals surface area contributed by atoms with Crippen LogP contribution in [0.5, 0.6) is 0 Å². The molecule has 2 rings (SSSR count). The smallest absolute Gasteiger partial charge is 0.123 e. The molecular formula is C11H13ClN2O. The Morgan fingerprint density at radius 3 is 2.73 bits per heavy atom. The summed E-state index contributed by atoms with van der Waals surface area (Å²) in [6.07, 6.45) is 0. The third kappa shape index (κ3) is 1.86. The van der Waals surface area contributed by atoms with Gasteiger partial charge in [0.2, 0.25) is 0 Å². The normalized spacial score (nSPS) is 12.3. The number of benzene rings is 1. The second-order valence-corrected chi connectivity index (χ2v) is 4.48. The van der Waals surface area contributed by atoms with Crippen LogP contribution in [0.1, 0.15) is 19.5 Å². The molecule has 3 nitrogen and oxygen atoms in total. The van der Waals surface area contributed by atoms with Crippen LogP contribution in [-0.2, 0) is 10.4 Å². The molecule has 0 saturated carbocycles. The number of halogens is 1. The highest BCUT2D eigenvalue weighted by atomic mass is 35.5. The van der Waals surface area contributed by atoms with Gasteiger partial charge in [0.05, 0.1) is 0 Å². The van der Waals surface area contributed by atoms with Gasteiger partial charge in [-0.1, -0.05) is 11.6 Å². The number of H-pyrrole nitrogens is 1. The average Bonchev–Trinajstić information content (AvgIpc) is 2.61. The number of nitrogens with one attached hydrogen (secondary N) is 1. The molecule has 0 saturated heterocycles. The molecule has 0 aliphatic carbocycles. The molecule has 4 heteroatoms. The van der Waals surface area contributed by atoms with Crippen LogP contribution in [-0.4, -0.2) is 4.98 Å². The summed E-state index contributed by atoms with van der Waals surface area (Å²) in [6.45, 7) is 3.80. The van der Waals surface area contributed by atoms with Gasteiger partial charge >= 0.3 is 0 Å². The monoisotopic (exact) mass is 224 g/mol. The van der Waals surface area contributed by atoms with Crippen molar-refractivity contribution in [2.75, 3.05) is 0 Å². The van der Waals surface area contributed by atoms with Crippen molar-refractivity contribution in [1.29, 1.82) is 0 Å². The van der Waals surface area contributed by atoms with E-state index in [4.69, 9.17) is 22.3 Å². The minimum Gasteiger partial charge on any atom is -0.356 e. The Morgan fingerprint density at radius 2 is 2.07 bits per heavy atom. The zero-order valence-corrected chi connectivity index (χ0v) is 9.43. The Bertz CT molecular complexity index is 490. The van der Waals surface area contributed by atoms with Gasteiger partial charge in [0.25, 0.3) is 0 Å². The molecule has 2 aromatic rings. The van der Waals surface area contributed by atoms with Crippen LogP contribution in [0.15, 0.2) is 24.3 Å². The SMILES string of the molecule is CC(C)(ON)c1cc2cc(Cl)ccc2[nH]1. The molecule has 0 spiro atoms. The standard InChI is InChI=1S/C11H13ClN2O/c1-11(2,15-13)10-6-7-5-8(12)3-4-9(7)14-10/h3-6,14H,13H2,1-2H3. The number of aromatic amines is 1. The Balaban J connectivity index is 2.56. The Hall–Kier alpha value is -1.03. The van der Waals surface area contributed by atoms with E-state index in [-0.39, 0.29) is 0 Å². The van der Waals surface area contributed by atoms with Crippen molar-refractivity contribution in [3.05, 3.63) is 35.0 Å². The summed E-state index contributed by atoms with van der Waals surface area (Å²) in [6, 6.07) is 7.69. The van der Waals surface area contributed by atoms with Crippen LogP contribution in [0.25, 0.3) is 10.9 Å². The second kappa shape index (κ2) is 3.52. The molecular weight excluding hydrogens is 212 g/mol. The molecule has 0 fully saturated rings. The van der Waals surface area contributed by atoms with Crippen molar-refractivity contribution in [3.8, 4) is 0 Å². The first-order chi connectivity index (χ1) is 7.03. The number of aromatic nitrogens is 1. The lowest BCUT2D eigenvalue weighted by molar-refractivity contribution is -0.0263. The first kappa shape index (κ1) is 10.5. The first-order valence-electron chi connectivity index (χ1n) is 4.69. The molecule has 0 amide bonds. The molecule has 0 aliphatic heterocycles. The number of hydrogen-bond donors (Lipinski definition) is 2. The number of rotatable bonds is 2. The summed E-state index contributed by atoms with van der Waals surface area (Å²) < 4.78 is 0. The van der Waals surface area contributed by atoms with Gasteiger partial charge in [-0.3, -0.25) is 4.84 Å². The van der Waals surface area contributed by atoms with E-state index in [0.717, 1.165) is 21.6 Å². The number of nitrogens with two attached hydrogens (primary N) is 1. The highest BCUT2D eigenvalue weighted by Crippen LogP contribution is 2.27. The molecule has 1 heterocycles. The second-order valence-electron chi connectivity index (χ2n) is 4.04. The molecule has 15 heavy (non-hydrogen) atoms. The van der Waals surface area contributed by atoms with Crippen molar-refractivity contribution >= 4 is 22.5 Å². The Kier molecular flexibility index (Phi) is 2.46. The predicted octanol–water partition coefficient (Wildman–Crippen LogP) is 2.95. The zero-order valence-electron chi connectivity index (χ0n) is 8.67. The topological polar surface area (TPSA) is 51.0 Å². The number of hydrogen-bond acceptors (Lipinski definition) is 2. The molecule has 3 N–H and O–H groups in total. The van der Waals surface area contributed by atoms with Gasteiger partial charge in [-0.25, -0.2) is 5.90 Å². The maximum absolute atomic E-state index is 5.91. The van der Waals surface area contributed by atoms with Gasteiger partial charge in [0.1, 0.15) is 5.60 Å². The summed E-state index contributed by atoms with van der Waals surface area (Å²) in [7, 11) is 0. The Morgan fingerprint density at radius 1 is 1.33 bits per heavy atom. The van der Waals surface area contributed by atoms with E-state index in [2.05, 4.69) is 4.98 Å². The first-order valence-corrected chi connectivity index (χ1v) is 5.07. The van der Waals surface area contributed by atoms with Crippen LogP contribution < -0.4 is 5.90 Å². The van der Waals surface area contributed by atoms with Crippen LogP contribution in [0.4, 0.5) is 0 Å². The van der Waals surface area contributed by atoms with Gasteiger partial charge in [0, 0.05) is 21.6 Å². The minimum atomic E-state index is -0.522. The van der Waals surface area contributed by atoms with Crippen molar-refractivity contribution < 1.29 is 4.84 Å². The minimum absolute atomic E-state index is 0.522. The fourth-order valence-electron chi connectivity index (χ4n) is 1.49. The summed E-state index contributed by atoms with van der Waals surface area (Å²) >= 11 is 5.91. The Labute approximate surface area is 93.1 Å². The van der Waals surface area contributed by atoms with E-state index in [0.29, 0.717) is 0 Å². The highest BCUT2D eigenvalue weighted by molar-refractivity contribution is 6.31. The summed E-state index contributed by atoms with van der Waals surface area (Å²) in [4.78, 5) is 8.17. The van der Waals surface area contributed by atoms with Crippen molar-refractivity contribution in [1.82, 2.24) is 4.98 Å². The molecule has 0 unspecified atom stereocenters. The van der Waals surface area contributed by atoms with Gasteiger partial charge in [0.15, 0.2) is 0 Å². The van der Waals surface area contributed by atoms with E-state index in [1.165, 1.54) is 0 Å². The largest absolute Gasteiger partial charge is 0.356 e. The van der Waals surface area contributed by atoms with Gasteiger partial charge in [-0.2, -0.15) is 0 Å². The maximum atomic E-state index is 5.91. The predicted molar refractivity (Wildman–Crippen MR) is 61.6 cm³/mol. The molecule has 1 aromatic carbocycles. The van der Waals surface area contributed by atoms with E-state index in [9.17, 15) is 0 Å². The molecule has 0 radical (unpaired) electrons. The lowest BCUT2D eigenvalue weighted by Gasteiger charge is -2.19. The highest BCUT2D eigenvalue weighted by Gasteiger charge is 2.22. The van der Waals surface area contributed by atoms with Crippen LogP contribution in [0.2, 0.25) is 5.02 Å². The third-order valence-electron chi connectivity index (χ3n) is 2.53. The van der Waals surface area contributed by atoms with E-state index in [1.54, 1.807) is 0 Å². The molecule has 80 valence electrons. The fourth-order valence-corrected chi connectivity index (χ4v) is 1.67. The van der Waals surface area contributed by atoms with Gasteiger partial charge in [-0.05, 0) is 38.1 Å². The number of fused-ring (bicyclic) bond motifs is 1. The quantitative estimate of drug-likeness (QED) is 0.771. The third-order valence-corrected chi connectivity index (χ3v) is 2.76. The molecule has 0 atom stereocenters. The summed E-state index contributed by atoms with van der Waals surface area (Å²) in [5.74, 6) is 5.24. The van der Waals surface area contributed by atoms with Crippen LogP contribution >= 0.6 is 11.6 Å². The zero-order chi connectivity index (χ0) is 11.1. The van der Waals surface area contributed by atoms with E-state index in [1.807, 2.05) is 38.1 Å². The lowest BCUT2D eigenvalue weighted by atomic mass is 10.1. The van der Waals surface area contributed by atoms with Gasteiger partial charge < -0.3 is 4.98 Å². The summed E-state index contributed by atoms with van der Waals surface area (Å²) in [5, 5.41) is 1.78. The molecule has 1 aromatic heterocycles. The van der Waals surface area contributed by atoms with Crippen LogP contribution in [0, 0.1) is 0 Å². The fraction of sp³-hybridized carbons (Fsp3) is 0.273. The van der Waals surface area contributed by atoms with Gasteiger partial charge in [-0.15, -0.1) is 0 Å². The molecule has 0 bridgehead atoms. The van der Waals surface area contributed by atoms with E-state index >= 15 is 0 Å². The van der Waals surface area contributed by atoms with Crippen molar-refractivity contribution in [3.63, 3.8) is 0 Å². The van der Waals surface area contributed by atoms with Crippen molar-refractivity contribution in [2.45, 2.75) is 19.4 Å². The lowest BCUT2D eigenvalue weighted by Crippen LogP contribution is -2.25. The van der Waals surface area contributed by atoms with Crippen LogP contribution in [0.3, 0.4) is 0 Å². The average molecular weight is 225 g/mol. The van der Waals surface area contributed by atoms with E-state index < -0.39 is 5.60 Å². The maximum Gasteiger partial charge on any atom is 0.123 e. The van der Waals surface area contributed by atoms with Crippen molar-refractivity contribution in [2.24, 2.45) is 5.90 Å². The molecule has 0 aliphatic rings. The summed E-state index contributed by atoms with van der Waals surface area (Å²) in [5.41, 5.74) is 1.44.